The average molecular weight is 325 g/mol. The minimum Gasteiger partial charge on any atom is -0.340 e. The largest absolute Gasteiger partial charge is 0.340 e. The average Bonchev–Trinajstić information content (AvgIpc) is 2.69. The lowest BCUT2D eigenvalue weighted by Crippen LogP contribution is -3.05. The van der Waals surface area contributed by atoms with Gasteiger partial charge in [-0.1, -0.05) is 19.8 Å². The molecule has 2 aliphatic heterocycles. The van der Waals surface area contributed by atoms with Gasteiger partial charge >= 0.3 is 0 Å². The number of nitrogens with one attached hydrogen (secondary N) is 1. The highest BCUT2D eigenvalue weighted by Gasteiger charge is 2.56. The Labute approximate surface area is 143 Å². The van der Waals surface area contributed by atoms with E-state index in [1.807, 2.05) is 0 Å². The fraction of sp³-hybridized carbons (Fsp3) is 1.00. The first-order valence-corrected chi connectivity index (χ1v) is 10.2. The molecule has 23 heavy (non-hydrogen) atoms. The van der Waals surface area contributed by atoms with Crippen LogP contribution >= 0.6 is 0 Å². The fourth-order valence-electron chi connectivity index (χ4n) is 5.83. The number of nitrogens with zero attached hydrogens (tertiary/aromatic N) is 1. The van der Waals surface area contributed by atoms with E-state index < -0.39 is 0 Å². The van der Waals surface area contributed by atoms with Crippen molar-refractivity contribution in [1.82, 2.24) is 4.90 Å². The maximum Gasteiger partial charge on any atom is 0.147 e. The molecule has 2 saturated heterocycles. The third-order valence-corrected chi connectivity index (χ3v) is 7.27. The molecule has 4 nitrogen and oxygen atoms in total. The smallest absolute Gasteiger partial charge is 0.147 e. The van der Waals surface area contributed by atoms with E-state index in [0.717, 1.165) is 17.9 Å². The number of rotatable bonds is 4. The SMILES string of the molecule is CC1C2C(N)C3CCCCCC3[NH2+]C2N(CCC[NH+](C)C)C1C. The van der Waals surface area contributed by atoms with Gasteiger partial charge < -0.3 is 16.0 Å². The van der Waals surface area contributed by atoms with Crippen molar-refractivity contribution in [1.29, 1.82) is 0 Å². The second kappa shape index (κ2) is 7.38. The second-order valence-corrected chi connectivity index (χ2v) is 8.95. The number of nitrogens with two attached hydrogens (primary N) is 2. The minimum absolute atomic E-state index is 0.426. The van der Waals surface area contributed by atoms with Crippen LogP contribution in [0.5, 0.6) is 0 Å². The molecule has 0 spiro atoms. The number of fused-ring (bicyclic) bond motifs is 2. The molecular formula is C19H40N4+2. The quantitative estimate of drug-likeness (QED) is 0.662. The molecule has 134 valence electrons. The molecule has 0 bridgehead atoms. The Morgan fingerprint density at radius 2 is 1.87 bits per heavy atom. The van der Waals surface area contributed by atoms with Gasteiger partial charge in [0.1, 0.15) is 6.17 Å². The van der Waals surface area contributed by atoms with Gasteiger partial charge in [-0.15, -0.1) is 0 Å². The van der Waals surface area contributed by atoms with Crippen LogP contribution in [-0.4, -0.2) is 56.4 Å². The van der Waals surface area contributed by atoms with E-state index in [9.17, 15) is 0 Å². The molecule has 1 aliphatic carbocycles. The van der Waals surface area contributed by atoms with Crippen molar-refractivity contribution in [2.24, 2.45) is 23.5 Å². The summed E-state index contributed by atoms with van der Waals surface area (Å²) >= 11 is 0. The molecule has 7 unspecified atom stereocenters. The lowest BCUT2D eigenvalue weighted by atomic mass is 9.72. The molecule has 4 heteroatoms. The van der Waals surface area contributed by atoms with Gasteiger partial charge in [0.2, 0.25) is 0 Å². The highest BCUT2D eigenvalue weighted by molar-refractivity contribution is 5.01. The highest BCUT2D eigenvalue weighted by atomic mass is 15.3. The normalized spacial score (nSPS) is 44.9. The molecule has 0 aromatic rings. The third kappa shape index (κ3) is 3.46. The lowest BCUT2D eigenvalue weighted by molar-refractivity contribution is -0.858. The Balaban J connectivity index is 1.72. The zero-order valence-corrected chi connectivity index (χ0v) is 15.8. The summed E-state index contributed by atoms with van der Waals surface area (Å²) in [5.74, 6) is 2.19. The zero-order chi connectivity index (χ0) is 16.6. The Hall–Kier alpha value is -0.160. The van der Waals surface area contributed by atoms with Crippen molar-refractivity contribution < 1.29 is 10.2 Å². The molecule has 0 radical (unpaired) electrons. The highest BCUT2D eigenvalue weighted by Crippen LogP contribution is 2.41. The van der Waals surface area contributed by atoms with Crippen LogP contribution in [0, 0.1) is 17.8 Å². The van der Waals surface area contributed by atoms with E-state index >= 15 is 0 Å². The lowest BCUT2D eigenvalue weighted by Gasteiger charge is -2.43. The molecule has 7 atom stereocenters. The topological polar surface area (TPSA) is 50.3 Å². The zero-order valence-electron chi connectivity index (χ0n) is 15.8. The number of quaternary nitrogens is 2. The van der Waals surface area contributed by atoms with E-state index in [2.05, 4.69) is 38.2 Å². The van der Waals surface area contributed by atoms with Crippen LogP contribution in [0.4, 0.5) is 0 Å². The number of hydrogen-bond donors (Lipinski definition) is 3. The van der Waals surface area contributed by atoms with Gasteiger partial charge in [-0.3, -0.25) is 4.90 Å². The van der Waals surface area contributed by atoms with E-state index in [4.69, 9.17) is 5.73 Å². The van der Waals surface area contributed by atoms with Crippen LogP contribution < -0.4 is 16.0 Å². The van der Waals surface area contributed by atoms with Gasteiger partial charge in [0.15, 0.2) is 0 Å². The van der Waals surface area contributed by atoms with Crippen LogP contribution in [0.1, 0.15) is 52.4 Å². The van der Waals surface area contributed by atoms with Crippen LogP contribution in [-0.2, 0) is 0 Å². The van der Waals surface area contributed by atoms with E-state index in [-0.39, 0.29) is 0 Å². The monoisotopic (exact) mass is 324 g/mol. The summed E-state index contributed by atoms with van der Waals surface area (Å²) in [4.78, 5) is 4.37. The van der Waals surface area contributed by atoms with Crippen LogP contribution in [0.3, 0.4) is 0 Å². The van der Waals surface area contributed by atoms with Crippen molar-refractivity contribution >= 4 is 0 Å². The molecule has 5 N–H and O–H groups in total. The molecular weight excluding hydrogens is 284 g/mol. The third-order valence-electron chi connectivity index (χ3n) is 7.27. The molecule has 0 aromatic heterocycles. The van der Waals surface area contributed by atoms with E-state index in [1.165, 1.54) is 51.6 Å². The second-order valence-electron chi connectivity index (χ2n) is 8.95. The van der Waals surface area contributed by atoms with Crippen LogP contribution in [0.2, 0.25) is 0 Å². The van der Waals surface area contributed by atoms with Crippen LogP contribution in [0.25, 0.3) is 0 Å². The van der Waals surface area contributed by atoms with Gasteiger partial charge in [-0.25, -0.2) is 0 Å². The Kier molecular flexibility index (Phi) is 5.67. The molecule has 0 amide bonds. The van der Waals surface area contributed by atoms with Gasteiger partial charge in [0.05, 0.1) is 26.7 Å². The molecule has 3 fully saturated rings. The fourth-order valence-corrected chi connectivity index (χ4v) is 5.83. The summed E-state index contributed by atoms with van der Waals surface area (Å²) in [6, 6.07) is 1.90. The Bertz CT molecular complexity index is 386. The summed E-state index contributed by atoms with van der Waals surface area (Å²) in [5.41, 5.74) is 6.88. The Morgan fingerprint density at radius 3 is 2.61 bits per heavy atom. The van der Waals surface area contributed by atoms with E-state index in [0.29, 0.717) is 24.2 Å². The summed E-state index contributed by atoms with van der Waals surface area (Å²) in [6.07, 6.45) is 8.95. The maximum absolute atomic E-state index is 6.88. The van der Waals surface area contributed by atoms with Gasteiger partial charge in [0, 0.05) is 36.9 Å². The first-order chi connectivity index (χ1) is 11.0. The molecule has 1 saturated carbocycles. The standard InChI is InChI=1S/C19H38N4/c1-13-14(2)23(12-8-11-22(3)4)19-17(13)18(20)15-9-6-5-7-10-16(15)21-19/h13-19,21H,5-12,20H2,1-4H3/p+2. The van der Waals surface area contributed by atoms with Crippen molar-refractivity contribution in [2.75, 3.05) is 27.2 Å². The summed E-state index contributed by atoms with van der Waals surface area (Å²) in [6.45, 7) is 7.43. The number of likely N-dealkylation sites (tertiary alicyclic amines) is 1. The van der Waals surface area contributed by atoms with E-state index in [1.54, 1.807) is 4.90 Å². The molecule has 0 aromatic carbocycles. The number of piperidine rings is 1. The van der Waals surface area contributed by atoms with Crippen molar-refractivity contribution in [3.8, 4) is 0 Å². The summed E-state index contributed by atoms with van der Waals surface area (Å²) < 4.78 is 0. The molecule has 3 rings (SSSR count). The van der Waals surface area contributed by atoms with Gasteiger partial charge in [0.25, 0.3) is 0 Å². The Morgan fingerprint density at radius 1 is 1.13 bits per heavy atom. The minimum atomic E-state index is 0.426. The predicted octanol–water partition coefficient (Wildman–Crippen LogP) is -0.343. The van der Waals surface area contributed by atoms with Gasteiger partial charge in [-0.2, -0.15) is 0 Å². The van der Waals surface area contributed by atoms with Crippen molar-refractivity contribution in [3.63, 3.8) is 0 Å². The van der Waals surface area contributed by atoms with Crippen molar-refractivity contribution in [3.05, 3.63) is 0 Å². The first kappa shape index (κ1) is 17.7. The maximum atomic E-state index is 6.88. The predicted molar refractivity (Wildman–Crippen MR) is 95.2 cm³/mol. The van der Waals surface area contributed by atoms with Crippen LogP contribution in [0.15, 0.2) is 0 Å². The number of hydrogen-bond acceptors (Lipinski definition) is 2. The molecule has 2 heterocycles. The summed E-state index contributed by atoms with van der Waals surface area (Å²) in [5, 5.41) is 2.76. The van der Waals surface area contributed by atoms with Gasteiger partial charge in [-0.05, 0) is 32.1 Å². The molecule has 3 aliphatic rings. The first-order valence-electron chi connectivity index (χ1n) is 10.2. The summed E-state index contributed by atoms with van der Waals surface area (Å²) in [7, 11) is 4.52. The van der Waals surface area contributed by atoms with Crippen molar-refractivity contribution in [2.45, 2.75) is 76.7 Å².